The zero-order valence-corrected chi connectivity index (χ0v) is 14.8. The Hall–Kier alpha value is -2.60. The van der Waals surface area contributed by atoms with E-state index in [9.17, 15) is 9.59 Å². The summed E-state index contributed by atoms with van der Waals surface area (Å²) in [4.78, 5) is 28.2. The summed E-state index contributed by atoms with van der Waals surface area (Å²) in [5, 5.41) is 0. The maximum atomic E-state index is 12.6. The van der Waals surface area contributed by atoms with Crippen LogP contribution in [0.15, 0.2) is 48.8 Å². The Kier molecular flexibility index (Phi) is 4.51. The van der Waals surface area contributed by atoms with E-state index in [-0.39, 0.29) is 17.7 Å². The Bertz CT molecular complexity index is 771. The van der Waals surface area contributed by atoms with Crippen LogP contribution >= 0.6 is 0 Å². The molecule has 0 aliphatic carbocycles. The molecule has 2 aromatic rings. The molecule has 2 saturated heterocycles. The lowest BCUT2D eigenvalue weighted by molar-refractivity contribution is -0.123. The van der Waals surface area contributed by atoms with E-state index in [2.05, 4.69) is 4.90 Å². The van der Waals surface area contributed by atoms with Gasteiger partial charge in [0.15, 0.2) is 0 Å². The number of carbonyl (C=O) groups excluding carboxylic acids is 2. The van der Waals surface area contributed by atoms with E-state index in [0.717, 1.165) is 50.3 Å². The number of likely N-dealkylation sites (tertiary alicyclic amines) is 2. The highest BCUT2D eigenvalue weighted by atomic mass is 16.2. The molecular weight excluding hydrogens is 328 g/mol. The van der Waals surface area contributed by atoms with Crippen molar-refractivity contribution in [2.45, 2.75) is 18.9 Å². The first-order valence-electron chi connectivity index (χ1n) is 9.18. The molecule has 2 fully saturated rings. The van der Waals surface area contributed by atoms with Gasteiger partial charge in [0.1, 0.15) is 0 Å². The van der Waals surface area contributed by atoms with Gasteiger partial charge >= 0.3 is 0 Å². The lowest BCUT2D eigenvalue weighted by Crippen LogP contribution is -2.62. The Morgan fingerprint density at radius 3 is 2.15 bits per heavy atom. The quantitative estimate of drug-likeness (QED) is 0.906. The number of primary amides is 1. The minimum Gasteiger partial charge on any atom is -0.369 e. The summed E-state index contributed by atoms with van der Waals surface area (Å²) in [6, 6.07) is 12.1. The molecule has 1 aromatic heterocycles. The highest BCUT2D eigenvalue weighted by molar-refractivity contribution is 5.95. The maximum Gasteiger partial charge on any atom is 0.253 e. The molecule has 0 saturated carbocycles. The Labute approximate surface area is 153 Å². The molecule has 0 unspecified atom stereocenters. The highest BCUT2D eigenvalue weighted by Gasteiger charge is 2.37. The summed E-state index contributed by atoms with van der Waals surface area (Å²) in [5.74, 6) is -0.0753. The van der Waals surface area contributed by atoms with Crippen molar-refractivity contribution in [1.29, 1.82) is 0 Å². The second-order valence-electron chi connectivity index (χ2n) is 7.21. The minimum absolute atomic E-state index is 0.0165. The lowest BCUT2D eigenvalue weighted by Gasteiger charge is -2.47. The van der Waals surface area contributed by atoms with Crippen molar-refractivity contribution in [2.24, 2.45) is 11.7 Å². The number of rotatable bonds is 4. The van der Waals surface area contributed by atoms with Crippen LogP contribution in [0.5, 0.6) is 0 Å². The van der Waals surface area contributed by atoms with Gasteiger partial charge in [0.05, 0.1) is 0 Å². The molecule has 0 bridgehead atoms. The third-order valence-corrected chi connectivity index (χ3v) is 5.61. The third-order valence-electron chi connectivity index (χ3n) is 5.61. The fourth-order valence-corrected chi connectivity index (χ4v) is 3.87. The first kappa shape index (κ1) is 16.8. The molecule has 2 N–H and O–H groups in total. The molecule has 6 nitrogen and oxygen atoms in total. The number of piperidine rings is 1. The third kappa shape index (κ3) is 3.24. The monoisotopic (exact) mass is 352 g/mol. The Balaban J connectivity index is 1.30. The minimum atomic E-state index is -0.182. The SMILES string of the molecule is NC(=O)C1CCN(C2CN(C(=O)c3ccc(-n4cccc4)cc3)C2)CC1. The standard InChI is InChI=1S/C20H24N4O2/c21-19(25)15-7-11-23(12-8-15)18-13-24(14-18)20(26)16-3-5-17(6-4-16)22-9-1-2-10-22/h1-6,9-10,15,18H,7-8,11-14H2,(H2,21,25). The van der Waals surface area contributed by atoms with E-state index < -0.39 is 0 Å². The van der Waals surface area contributed by atoms with Crippen molar-refractivity contribution < 1.29 is 9.59 Å². The first-order valence-corrected chi connectivity index (χ1v) is 9.18. The van der Waals surface area contributed by atoms with E-state index in [4.69, 9.17) is 5.73 Å². The van der Waals surface area contributed by atoms with Crippen LogP contribution in [-0.4, -0.2) is 58.4 Å². The average molecular weight is 352 g/mol. The molecule has 136 valence electrons. The van der Waals surface area contributed by atoms with Crippen LogP contribution in [-0.2, 0) is 4.79 Å². The van der Waals surface area contributed by atoms with Crippen molar-refractivity contribution in [3.05, 3.63) is 54.4 Å². The molecule has 3 heterocycles. The fraction of sp³-hybridized carbons (Fsp3) is 0.400. The number of amides is 2. The first-order chi connectivity index (χ1) is 12.6. The van der Waals surface area contributed by atoms with E-state index in [0.29, 0.717) is 6.04 Å². The van der Waals surface area contributed by atoms with Crippen molar-refractivity contribution in [3.63, 3.8) is 0 Å². The Morgan fingerprint density at radius 1 is 0.962 bits per heavy atom. The second kappa shape index (κ2) is 6.96. The summed E-state index contributed by atoms with van der Waals surface area (Å²) >= 11 is 0. The molecule has 0 atom stereocenters. The predicted octanol–water partition coefficient (Wildman–Crippen LogP) is 1.50. The van der Waals surface area contributed by atoms with Crippen molar-refractivity contribution in [1.82, 2.24) is 14.4 Å². The zero-order valence-electron chi connectivity index (χ0n) is 14.8. The van der Waals surface area contributed by atoms with Crippen LogP contribution in [0, 0.1) is 5.92 Å². The number of nitrogens with two attached hydrogens (primary N) is 1. The zero-order chi connectivity index (χ0) is 18.1. The van der Waals surface area contributed by atoms with E-state index in [1.54, 1.807) is 0 Å². The summed E-state index contributed by atoms with van der Waals surface area (Å²) < 4.78 is 2.02. The molecule has 2 aliphatic heterocycles. The van der Waals surface area contributed by atoms with Crippen LogP contribution in [0.2, 0.25) is 0 Å². The van der Waals surface area contributed by atoms with Crippen LogP contribution in [0.1, 0.15) is 23.2 Å². The number of hydrogen-bond acceptors (Lipinski definition) is 3. The van der Waals surface area contributed by atoms with E-state index in [1.165, 1.54) is 0 Å². The number of aromatic nitrogens is 1. The molecular formula is C20H24N4O2. The lowest BCUT2D eigenvalue weighted by atomic mass is 9.93. The van der Waals surface area contributed by atoms with Crippen LogP contribution in [0.3, 0.4) is 0 Å². The summed E-state index contributed by atoms with van der Waals surface area (Å²) in [6.45, 7) is 3.32. The summed E-state index contributed by atoms with van der Waals surface area (Å²) in [5.41, 5.74) is 7.17. The van der Waals surface area contributed by atoms with Gasteiger partial charge in [0.25, 0.3) is 5.91 Å². The molecule has 4 rings (SSSR count). The molecule has 26 heavy (non-hydrogen) atoms. The maximum absolute atomic E-state index is 12.6. The average Bonchev–Trinajstić information content (AvgIpc) is 3.15. The highest BCUT2D eigenvalue weighted by Crippen LogP contribution is 2.24. The van der Waals surface area contributed by atoms with Gasteiger partial charge in [-0.1, -0.05) is 0 Å². The summed E-state index contributed by atoms with van der Waals surface area (Å²) in [6.07, 6.45) is 5.64. The number of carbonyl (C=O) groups is 2. The van der Waals surface area contributed by atoms with Gasteiger partial charge in [0, 0.05) is 48.7 Å². The summed E-state index contributed by atoms with van der Waals surface area (Å²) in [7, 11) is 0. The van der Waals surface area contributed by atoms with Gasteiger partial charge in [0.2, 0.25) is 5.91 Å². The molecule has 2 aliphatic rings. The molecule has 0 radical (unpaired) electrons. The van der Waals surface area contributed by atoms with Crippen molar-refractivity contribution >= 4 is 11.8 Å². The van der Waals surface area contributed by atoms with Gasteiger partial charge < -0.3 is 15.2 Å². The van der Waals surface area contributed by atoms with E-state index in [1.807, 2.05) is 58.3 Å². The van der Waals surface area contributed by atoms with Gasteiger partial charge in [-0.15, -0.1) is 0 Å². The van der Waals surface area contributed by atoms with Crippen LogP contribution in [0.25, 0.3) is 5.69 Å². The normalized spacial score (nSPS) is 19.3. The fourth-order valence-electron chi connectivity index (χ4n) is 3.87. The number of benzene rings is 1. The van der Waals surface area contributed by atoms with Gasteiger partial charge in [-0.25, -0.2) is 0 Å². The Morgan fingerprint density at radius 2 is 1.58 bits per heavy atom. The van der Waals surface area contributed by atoms with Crippen molar-refractivity contribution in [2.75, 3.05) is 26.2 Å². The topological polar surface area (TPSA) is 71.6 Å². The molecule has 6 heteroatoms. The van der Waals surface area contributed by atoms with Crippen molar-refractivity contribution in [3.8, 4) is 5.69 Å². The largest absolute Gasteiger partial charge is 0.369 e. The van der Waals surface area contributed by atoms with Gasteiger partial charge in [-0.05, 0) is 62.3 Å². The number of hydrogen-bond donors (Lipinski definition) is 1. The molecule has 2 amide bonds. The smallest absolute Gasteiger partial charge is 0.253 e. The van der Waals surface area contributed by atoms with Gasteiger partial charge in [-0.3, -0.25) is 14.5 Å². The van der Waals surface area contributed by atoms with Crippen LogP contribution in [0.4, 0.5) is 0 Å². The molecule has 0 spiro atoms. The number of nitrogens with zero attached hydrogens (tertiary/aromatic N) is 3. The second-order valence-corrected chi connectivity index (χ2v) is 7.21. The van der Waals surface area contributed by atoms with Crippen LogP contribution < -0.4 is 5.73 Å². The van der Waals surface area contributed by atoms with Gasteiger partial charge in [-0.2, -0.15) is 0 Å². The molecule has 1 aromatic carbocycles. The van der Waals surface area contributed by atoms with E-state index >= 15 is 0 Å². The predicted molar refractivity (Wildman–Crippen MR) is 99.0 cm³/mol.